The summed E-state index contributed by atoms with van der Waals surface area (Å²) in [5.74, 6) is 0.917. The average molecular weight is 279 g/mol. The highest BCUT2D eigenvalue weighted by atomic mass is 16.5. The minimum atomic E-state index is 0.574. The van der Waals surface area contributed by atoms with Gasteiger partial charge in [-0.15, -0.1) is 0 Å². The lowest BCUT2D eigenvalue weighted by Crippen LogP contribution is -2.30. The molecule has 1 aromatic rings. The Morgan fingerprint density at radius 3 is 2.85 bits per heavy atom. The lowest BCUT2D eigenvalue weighted by atomic mass is 10.1. The SMILES string of the molecule is CCCCCC(C)NCCOc1cccc(COC)c1. The summed E-state index contributed by atoms with van der Waals surface area (Å²) in [6.45, 7) is 6.71. The lowest BCUT2D eigenvalue weighted by Gasteiger charge is -2.14. The Labute approximate surface area is 123 Å². The molecule has 1 N–H and O–H groups in total. The molecule has 0 aliphatic carbocycles. The molecule has 114 valence electrons. The van der Waals surface area contributed by atoms with E-state index in [9.17, 15) is 0 Å². The molecule has 3 heteroatoms. The Kier molecular flexibility index (Phi) is 9.09. The molecular formula is C17H29NO2. The molecule has 0 fully saturated rings. The van der Waals surface area contributed by atoms with Crippen LogP contribution < -0.4 is 10.1 Å². The van der Waals surface area contributed by atoms with Gasteiger partial charge in [0.15, 0.2) is 0 Å². The summed E-state index contributed by atoms with van der Waals surface area (Å²) in [4.78, 5) is 0. The second kappa shape index (κ2) is 10.7. The highest BCUT2D eigenvalue weighted by molar-refractivity contribution is 5.28. The van der Waals surface area contributed by atoms with E-state index < -0.39 is 0 Å². The van der Waals surface area contributed by atoms with Crippen molar-refractivity contribution in [2.24, 2.45) is 0 Å². The van der Waals surface area contributed by atoms with E-state index in [1.165, 1.54) is 25.7 Å². The largest absolute Gasteiger partial charge is 0.492 e. The Hall–Kier alpha value is -1.06. The molecule has 0 aliphatic rings. The van der Waals surface area contributed by atoms with Gasteiger partial charge in [0.1, 0.15) is 12.4 Å². The molecule has 1 unspecified atom stereocenters. The van der Waals surface area contributed by atoms with Gasteiger partial charge in [-0.05, 0) is 31.0 Å². The average Bonchev–Trinajstić information content (AvgIpc) is 2.45. The second-order valence-electron chi connectivity index (χ2n) is 5.28. The third-order valence-electron chi connectivity index (χ3n) is 3.31. The number of methoxy groups -OCH3 is 1. The predicted octanol–water partition coefficient (Wildman–Crippen LogP) is 3.77. The van der Waals surface area contributed by atoms with Crippen molar-refractivity contribution in [1.82, 2.24) is 5.32 Å². The molecule has 1 aromatic carbocycles. The van der Waals surface area contributed by atoms with Gasteiger partial charge in [0.25, 0.3) is 0 Å². The van der Waals surface area contributed by atoms with Crippen LogP contribution >= 0.6 is 0 Å². The quantitative estimate of drug-likeness (QED) is 0.625. The van der Waals surface area contributed by atoms with E-state index in [1.807, 2.05) is 24.3 Å². The van der Waals surface area contributed by atoms with E-state index in [0.717, 1.165) is 17.9 Å². The van der Waals surface area contributed by atoms with Gasteiger partial charge in [-0.1, -0.05) is 38.3 Å². The van der Waals surface area contributed by atoms with Crippen LogP contribution in [0.3, 0.4) is 0 Å². The number of rotatable bonds is 11. The first-order chi connectivity index (χ1) is 9.76. The fourth-order valence-corrected chi connectivity index (χ4v) is 2.17. The molecular weight excluding hydrogens is 250 g/mol. The van der Waals surface area contributed by atoms with E-state index in [-0.39, 0.29) is 0 Å². The Morgan fingerprint density at radius 2 is 2.10 bits per heavy atom. The summed E-state index contributed by atoms with van der Waals surface area (Å²) in [7, 11) is 1.71. The molecule has 1 atom stereocenters. The molecule has 20 heavy (non-hydrogen) atoms. The van der Waals surface area contributed by atoms with Crippen molar-refractivity contribution in [3.05, 3.63) is 29.8 Å². The third kappa shape index (κ3) is 7.51. The molecule has 0 amide bonds. The first-order valence-electron chi connectivity index (χ1n) is 7.70. The van der Waals surface area contributed by atoms with Crippen molar-refractivity contribution in [1.29, 1.82) is 0 Å². The summed E-state index contributed by atoms with van der Waals surface area (Å²) in [6.07, 6.45) is 5.17. The van der Waals surface area contributed by atoms with Crippen molar-refractivity contribution in [3.8, 4) is 5.75 Å². The minimum Gasteiger partial charge on any atom is -0.492 e. The van der Waals surface area contributed by atoms with Crippen molar-refractivity contribution in [2.75, 3.05) is 20.3 Å². The van der Waals surface area contributed by atoms with Gasteiger partial charge in [-0.25, -0.2) is 0 Å². The smallest absolute Gasteiger partial charge is 0.119 e. The zero-order valence-electron chi connectivity index (χ0n) is 13.2. The first-order valence-corrected chi connectivity index (χ1v) is 7.70. The minimum absolute atomic E-state index is 0.574. The molecule has 0 aromatic heterocycles. The first kappa shape index (κ1) is 17.0. The number of hydrogen-bond donors (Lipinski definition) is 1. The van der Waals surface area contributed by atoms with Crippen molar-refractivity contribution >= 4 is 0 Å². The zero-order chi connectivity index (χ0) is 14.6. The highest BCUT2D eigenvalue weighted by Gasteiger charge is 2.01. The van der Waals surface area contributed by atoms with Crippen LogP contribution in [0.15, 0.2) is 24.3 Å². The molecule has 0 spiro atoms. The number of hydrogen-bond acceptors (Lipinski definition) is 3. The fourth-order valence-electron chi connectivity index (χ4n) is 2.17. The summed E-state index contributed by atoms with van der Waals surface area (Å²) in [5.41, 5.74) is 1.14. The van der Waals surface area contributed by atoms with Gasteiger partial charge in [-0.3, -0.25) is 0 Å². The van der Waals surface area contributed by atoms with E-state index in [4.69, 9.17) is 9.47 Å². The number of ether oxygens (including phenoxy) is 2. The molecule has 0 heterocycles. The summed E-state index contributed by atoms with van der Waals surface area (Å²) >= 11 is 0. The summed E-state index contributed by atoms with van der Waals surface area (Å²) in [5, 5.41) is 3.50. The van der Waals surface area contributed by atoms with Crippen LogP contribution in [0, 0.1) is 0 Å². The molecule has 3 nitrogen and oxygen atoms in total. The molecule has 1 rings (SSSR count). The maximum atomic E-state index is 5.75. The van der Waals surface area contributed by atoms with E-state index in [2.05, 4.69) is 19.2 Å². The van der Waals surface area contributed by atoms with Crippen molar-refractivity contribution in [3.63, 3.8) is 0 Å². The van der Waals surface area contributed by atoms with Gasteiger partial charge < -0.3 is 14.8 Å². The summed E-state index contributed by atoms with van der Waals surface area (Å²) in [6, 6.07) is 8.65. The molecule has 0 bridgehead atoms. The van der Waals surface area contributed by atoms with E-state index in [1.54, 1.807) is 7.11 Å². The predicted molar refractivity (Wildman–Crippen MR) is 84.3 cm³/mol. The second-order valence-corrected chi connectivity index (χ2v) is 5.28. The monoisotopic (exact) mass is 279 g/mol. The molecule has 0 saturated carbocycles. The Bertz CT molecular complexity index is 355. The van der Waals surface area contributed by atoms with Crippen LogP contribution in [0.4, 0.5) is 0 Å². The molecule has 0 saturated heterocycles. The van der Waals surface area contributed by atoms with Crippen molar-refractivity contribution < 1.29 is 9.47 Å². The Balaban J connectivity index is 2.15. The molecule has 0 radical (unpaired) electrons. The maximum Gasteiger partial charge on any atom is 0.119 e. The number of benzene rings is 1. The van der Waals surface area contributed by atoms with Crippen LogP contribution in [-0.2, 0) is 11.3 Å². The van der Waals surface area contributed by atoms with E-state index >= 15 is 0 Å². The topological polar surface area (TPSA) is 30.5 Å². The van der Waals surface area contributed by atoms with Gasteiger partial charge in [0.05, 0.1) is 6.61 Å². The van der Waals surface area contributed by atoms with Crippen LogP contribution in [-0.4, -0.2) is 26.3 Å². The Morgan fingerprint density at radius 1 is 1.25 bits per heavy atom. The standard InChI is InChI=1S/C17H29NO2/c1-4-5-6-8-15(2)18-11-12-20-17-10-7-9-16(13-17)14-19-3/h7,9-10,13,15,18H,4-6,8,11-12,14H2,1-3H3. The normalized spacial score (nSPS) is 12.3. The number of nitrogens with one attached hydrogen (secondary N) is 1. The van der Waals surface area contributed by atoms with Crippen LogP contribution in [0.2, 0.25) is 0 Å². The lowest BCUT2D eigenvalue weighted by molar-refractivity contribution is 0.184. The maximum absolute atomic E-state index is 5.75. The fraction of sp³-hybridized carbons (Fsp3) is 0.647. The van der Waals surface area contributed by atoms with Gasteiger partial charge in [0, 0.05) is 19.7 Å². The van der Waals surface area contributed by atoms with Gasteiger partial charge in [-0.2, -0.15) is 0 Å². The van der Waals surface area contributed by atoms with Gasteiger partial charge >= 0.3 is 0 Å². The van der Waals surface area contributed by atoms with Crippen LogP contribution in [0.1, 0.15) is 45.1 Å². The molecule has 0 aliphatic heterocycles. The van der Waals surface area contributed by atoms with Crippen molar-refractivity contribution in [2.45, 2.75) is 52.2 Å². The number of unbranched alkanes of at least 4 members (excludes halogenated alkanes) is 2. The zero-order valence-corrected chi connectivity index (χ0v) is 13.2. The van der Waals surface area contributed by atoms with Crippen LogP contribution in [0.25, 0.3) is 0 Å². The van der Waals surface area contributed by atoms with Gasteiger partial charge in [0.2, 0.25) is 0 Å². The highest BCUT2D eigenvalue weighted by Crippen LogP contribution is 2.13. The summed E-state index contributed by atoms with van der Waals surface area (Å²) < 4.78 is 10.9. The van der Waals surface area contributed by atoms with Crippen LogP contribution in [0.5, 0.6) is 5.75 Å². The third-order valence-corrected chi connectivity index (χ3v) is 3.31. The van der Waals surface area contributed by atoms with E-state index in [0.29, 0.717) is 19.3 Å².